The lowest BCUT2D eigenvalue weighted by Gasteiger charge is -2.09. The number of benzene rings is 1. The molecule has 0 unspecified atom stereocenters. The van der Waals surface area contributed by atoms with Gasteiger partial charge in [-0.2, -0.15) is 9.78 Å². The first kappa shape index (κ1) is 19.8. The van der Waals surface area contributed by atoms with Crippen molar-refractivity contribution >= 4 is 23.2 Å². The van der Waals surface area contributed by atoms with E-state index in [-0.39, 0.29) is 0 Å². The molecule has 1 aromatic carbocycles. The molecule has 3 aromatic heterocycles. The van der Waals surface area contributed by atoms with Crippen molar-refractivity contribution in [1.82, 2.24) is 24.7 Å². The molecule has 0 aliphatic rings. The zero-order valence-electron chi connectivity index (χ0n) is 16.4. The van der Waals surface area contributed by atoms with Gasteiger partial charge in [0, 0.05) is 41.8 Å². The van der Waals surface area contributed by atoms with E-state index in [1.807, 2.05) is 48.5 Å². The van der Waals surface area contributed by atoms with E-state index in [4.69, 9.17) is 21.1 Å². The summed E-state index contributed by atoms with van der Waals surface area (Å²) in [6.45, 7) is 0.382. The topological polar surface area (TPSA) is 87.0 Å². The van der Waals surface area contributed by atoms with E-state index in [0.717, 1.165) is 22.6 Å². The molecule has 8 nitrogen and oxygen atoms in total. The highest BCUT2D eigenvalue weighted by Gasteiger charge is 2.13. The van der Waals surface area contributed by atoms with Gasteiger partial charge in [0.1, 0.15) is 0 Å². The van der Waals surface area contributed by atoms with Gasteiger partial charge in [-0.1, -0.05) is 17.7 Å². The molecule has 0 radical (unpaired) electrons. The van der Waals surface area contributed by atoms with Gasteiger partial charge in [-0.25, -0.2) is 15.0 Å². The first-order chi connectivity index (χ1) is 14.7. The van der Waals surface area contributed by atoms with Gasteiger partial charge in [-0.05, 0) is 36.4 Å². The number of rotatable bonds is 7. The predicted octanol–water partition coefficient (Wildman–Crippen LogP) is 4.28. The molecule has 4 rings (SSSR count). The number of ether oxygens (including phenoxy) is 2. The van der Waals surface area contributed by atoms with E-state index >= 15 is 0 Å². The molecule has 0 atom stereocenters. The summed E-state index contributed by atoms with van der Waals surface area (Å²) in [5, 5.41) is 8.30. The molecular formula is C21H19ClN6O2. The van der Waals surface area contributed by atoms with Crippen molar-refractivity contribution in [2.24, 2.45) is 0 Å². The van der Waals surface area contributed by atoms with Crippen molar-refractivity contribution in [3.63, 3.8) is 0 Å². The van der Waals surface area contributed by atoms with E-state index in [0.29, 0.717) is 29.3 Å². The second-order valence-corrected chi connectivity index (χ2v) is 6.76. The Balaban J connectivity index is 1.64. The van der Waals surface area contributed by atoms with Crippen molar-refractivity contribution in [2.75, 3.05) is 19.5 Å². The SMILES string of the molecule is COCc1cc(OC)n(-c2cc(-c3ccnc(Nc4cccc(Cl)c4)n3)ccn2)n1. The maximum Gasteiger partial charge on any atom is 0.227 e. The van der Waals surface area contributed by atoms with Crippen LogP contribution in [0.5, 0.6) is 5.88 Å². The largest absolute Gasteiger partial charge is 0.481 e. The van der Waals surface area contributed by atoms with Gasteiger partial charge in [0.25, 0.3) is 0 Å². The summed E-state index contributed by atoms with van der Waals surface area (Å²) in [4.78, 5) is 13.3. The third-order valence-corrected chi connectivity index (χ3v) is 4.46. The fourth-order valence-corrected chi connectivity index (χ4v) is 3.10. The number of aromatic nitrogens is 5. The highest BCUT2D eigenvalue weighted by atomic mass is 35.5. The molecule has 30 heavy (non-hydrogen) atoms. The Morgan fingerprint density at radius 1 is 1.03 bits per heavy atom. The molecule has 9 heteroatoms. The van der Waals surface area contributed by atoms with Crippen LogP contribution in [0.3, 0.4) is 0 Å². The van der Waals surface area contributed by atoms with Crippen molar-refractivity contribution in [2.45, 2.75) is 6.61 Å². The number of hydrogen-bond acceptors (Lipinski definition) is 7. The second-order valence-electron chi connectivity index (χ2n) is 6.33. The van der Waals surface area contributed by atoms with Crippen molar-refractivity contribution in [3.05, 3.63) is 71.6 Å². The third kappa shape index (κ3) is 4.40. The van der Waals surface area contributed by atoms with Crippen LogP contribution in [0.2, 0.25) is 5.02 Å². The van der Waals surface area contributed by atoms with Crippen LogP contribution >= 0.6 is 11.6 Å². The van der Waals surface area contributed by atoms with E-state index in [2.05, 4.69) is 25.4 Å². The Morgan fingerprint density at radius 3 is 2.70 bits per heavy atom. The minimum atomic E-state index is 0.382. The fourth-order valence-electron chi connectivity index (χ4n) is 2.91. The molecule has 0 spiro atoms. The summed E-state index contributed by atoms with van der Waals surface area (Å²) in [5.74, 6) is 1.64. The molecule has 0 aliphatic heterocycles. The Bertz CT molecular complexity index is 1160. The second kappa shape index (κ2) is 8.89. The zero-order valence-corrected chi connectivity index (χ0v) is 17.2. The van der Waals surface area contributed by atoms with Crippen LogP contribution in [0, 0.1) is 0 Å². The van der Waals surface area contributed by atoms with Gasteiger partial charge in [0.05, 0.1) is 25.1 Å². The van der Waals surface area contributed by atoms with Crippen LogP contribution < -0.4 is 10.1 Å². The monoisotopic (exact) mass is 422 g/mol. The fraction of sp³-hybridized carbons (Fsp3) is 0.143. The summed E-state index contributed by atoms with van der Waals surface area (Å²) in [6, 6.07) is 14.8. The molecule has 1 N–H and O–H groups in total. The van der Waals surface area contributed by atoms with Crippen LogP contribution in [-0.2, 0) is 11.3 Å². The smallest absolute Gasteiger partial charge is 0.227 e. The number of nitrogens with one attached hydrogen (secondary N) is 1. The molecule has 3 heterocycles. The molecule has 0 saturated heterocycles. The summed E-state index contributed by atoms with van der Waals surface area (Å²) in [5.41, 5.74) is 3.16. The summed E-state index contributed by atoms with van der Waals surface area (Å²) < 4.78 is 12.2. The lowest BCUT2D eigenvalue weighted by atomic mass is 10.2. The molecule has 4 aromatic rings. The molecule has 0 bridgehead atoms. The predicted molar refractivity (Wildman–Crippen MR) is 114 cm³/mol. The molecule has 0 aliphatic carbocycles. The van der Waals surface area contributed by atoms with Gasteiger partial charge < -0.3 is 14.8 Å². The Morgan fingerprint density at radius 2 is 1.90 bits per heavy atom. The maximum absolute atomic E-state index is 6.05. The van der Waals surface area contributed by atoms with Crippen LogP contribution in [0.4, 0.5) is 11.6 Å². The third-order valence-electron chi connectivity index (χ3n) is 4.22. The van der Waals surface area contributed by atoms with Gasteiger partial charge in [0.15, 0.2) is 5.82 Å². The number of pyridine rings is 1. The van der Waals surface area contributed by atoms with Gasteiger partial charge in [0.2, 0.25) is 11.8 Å². The first-order valence-electron chi connectivity index (χ1n) is 9.10. The van der Waals surface area contributed by atoms with Crippen molar-refractivity contribution in [1.29, 1.82) is 0 Å². The van der Waals surface area contributed by atoms with Crippen LogP contribution in [-0.4, -0.2) is 39.0 Å². The summed E-state index contributed by atoms with van der Waals surface area (Å²) >= 11 is 6.05. The average Bonchev–Trinajstić information content (AvgIpc) is 3.17. The minimum Gasteiger partial charge on any atom is -0.481 e. The Hall–Kier alpha value is -3.49. The van der Waals surface area contributed by atoms with E-state index in [1.165, 1.54) is 0 Å². The normalized spacial score (nSPS) is 10.8. The highest BCUT2D eigenvalue weighted by molar-refractivity contribution is 6.30. The molecule has 0 fully saturated rings. The number of hydrogen-bond donors (Lipinski definition) is 1. The summed E-state index contributed by atoms with van der Waals surface area (Å²) in [6.07, 6.45) is 3.40. The van der Waals surface area contributed by atoms with E-state index < -0.39 is 0 Å². The zero-order chi connectivity index (χ0) is 20.9. The first-order valence-corrected chi connectivity index (χ1v) is 9.48. The number of halogens is 1. The quantitative estimate of drug-likeness (QED) is 0.475. The van der Waals surface area contributed by atoms with Gasteiger partial charge in [-0.15, -0.1) is 0 Å². The lowest BCUT2D eigenvalue weighted by molar-refractivity contribution is 0.181. The van der Waals surface area contributed by atoms with Crippen molar-refractivity contribution < 1.29 is 9.47 Å². The Kier molecular flexibility index (Phi) is 5.87. The van der Waals surface area contributed by atoms with Gasteiger partial charge >= 0.3 is 0 Å². The van der Waals surface area contributed by atoms with Crippen LogP contribution in [0.25, 0.3) is 17.1 Å². The molecule has 152 valence electrons. The van der Waals surface area contributed by atoms with Gasteiger partial charge in [-0.3, -0.25) is 0 Å². The van der Waals surface area contributed by atoms with Crippen LogP contribution in [0.15, 0.2) is 60.9 Å². The van der Waals surface area contributed by atoms with Crippen LogP contribution in [0.1, 0.15) is 5.69 Å². The van der Waals surface area contributed by atoms with E-state index in [9.17, 15) is 0 Å². The molecule has 0 amide bonds. The number of nitrogens with zero attached hydrogens (tertiary/aromatic N) is 5. The minimum absolute atomic E-state index is 0.382. The average molecular weight is 423 g/mol. The Labute approximate surface area is 178 Å². The molecule has 0 saturated carbocycles. The number of anilines is 2. The number of methoxy groups -OCH3 is 2. The standard InChI is InChI=1S/C21H19ClN6O2/c1-29-13-17-12-20(30-2)28(27-17)19-10-14(6-8-23-19)18-7-9-24-21(26-18)25-16-5-3-4-15(22)11-16/h3-12H,13H2,1-2H3,(H,24,25,26). The highest BCUT2D eigenvalue weighted by Crippen LogP contribution is 2.24. The summed E-state index contributed by atoms with van der Waals surface area (Å²) in [7, 11) is 3.21. The lowest BCUT2D eigenvalue weighted by Crippen LogP contribution is -2.03. The molecular weight excluding hydrogens is 404 g/mol. The maximum atomic E-state index is 6.05. The van der Waals surface area contributed by atoms with Crippen molar-refractivity contribution in [3.8, 4) is 23.0 Å². The van der Waals surface area contributed by atoms with E-state index in [1.54, 1.807) is 31.3 Å².